The van der Waals surface area contributed by atoms with Gasteiger partial charge < -0.3 is 9.15 Å². The fraction of sp³-hybridized carbons (Fsp3) is 0.261. The zero-order valence-corrected chi connectivity index (χ0v) is 18.2. The lowest BCUT2D eigenvalue weighted by Crippen LogP contribution is -2.40. The van der Waals surface area contributed by atoms with Crippen molar-refractivity contribution in [3.63, 3.8) is 0 Å². The Morgan fingerprint density at radius 3 is 2.53 bits per heavy atom. The number of benzene rings is 1. The molecule has 0 amide bonds. The molecule has 32 heavy (non-hydrogen) atoms. The Kier molecular flexibility index (Phi) is 5.48. The Bertz CT molecular complexity index is 1450. The molecule has 0 fully saturated rings. The molecule has 0 spiro atoms. The van der Waals surface area contributed by atoms with Crippen LogP contribution < -0.4 is 11.2 Å². The fourth-order valence-electron chi connectivity index (χ4n) is 3.54. The summed E-state index contributed by atoms with van der Waals surface area (Å²) in [6.45, 7) is 5.13. The number of esters is 1. The molecule has 0 aliphatic rings. The van der Waals surface area contributed by atoms with E-state index >= 15 is 0 Å². The van der Waals surface area contributed by atoms with Crippen LogP contribution >= 0.6 is 0 Å². The van der Waals surface area contributed by atoms with E-state index in [0.29, 0.717) is 23.0 Å². The van der Waals surface area contributed by atoms with Crippen LogP contribution in [0.2, 0.25) is 0 Å². The average molecular weight is 434 g/mol. The van der Waals surface area contributed by atoms with Gasteiger partial charge in [0, 0.05) is 18.3 Å². The van der Waals surface area contributed by atoms with E-state index in [1.54, 1.807) is 20.8 Å². The second-order valence-electron chi connectivity index (χ2n) is 7.35. The van der Waals surface area contributed by atoms with E-state index < -0.39 is 17.2 Å². The van der Waals surface area contributed by atoms with Crippen LogP contribution in [0.25, 0.3) is 22.5 Å². The maximum Gasteiger partial charge on any atom is 0.339 e. The lowest BCUT2D eigenvalue weighted by atomic mass is 10.1. The summed E-state index contributed by atoms with van der Waals surface area (Å²) in [5, 5.41) is 0.0283. The van der Waals surface area contributed by atoms with Crippen molar-refractivity contribution in [3.8, 4) is 11.5 Å². The third-order valence-corrected chi connectivity index (χ3v) is 5.14. The summed E-state index contributed by atoms with van der Waals surface area (Å²) in [6, 6.07) is 10.8. The molecule has 0 aliphatic carbocycles. The van der Waals surface area contributed by atoms with Gasteiger partial charge in [0.2, 0.25) is 5.89 Å². The first-order valence-corrected chi connectivity index (χ1v) is 10.1. The van der Waals surface area contributed by atoms with Crippen molar-refractivity contribution in [2.45, 2.75) is 27.3 Å². The summed E-state index contributed by atoms with van der Waals surface area (Å²) < 4.78 is 13.2. The lowest BCUT2D eigenvalue weighted by molar-refractivity contribution is 0.0528. The minimum Gasteiger partial charge on any atom is -0.462 e. The van der Waals surface area contributed by atoms with Gasteiger partial charge in [0.1, 0.15) is 17.1 Å². The number of oxazole rings is 1. The van der Waals surface area contributed by atoms with Crippen LogP contribution in [0.5, 0.6) is 0 Å². The van der Waals surface area contributed by atoms with Gasteiger partial charge in [-0.1, -0.05) is 18.2 Å². The molecule has 0 radical (unpaired) electrons. The number of fused-ring (bicyclic) bond motifs is 1. The number of hydrogen-bond donors (Lipinski definition) is 0. The van der Waals surface area contributed by atoms with Crippen LogP contribution in [-0.2, 0) is 18.3 Å². The summed E-state index contributed by atoms with van der Waals surface area (Å²) >= 11 is 0. The molecule has 0 atom stereocenters. The molecule has 9 nitrogen and oxygen atoms in total. The van der Waals surface area contributed by atoms with Crippen molar-refractivity contribution >= 4 is 17.0 Å². The molecular formula is C23H22N4O5. The topological polar surface area (TPSA) is 109 Å². The molecule has 0 saturated heterocycles. The van der Waals surface area contributed by atoms with Gasteiger partial charge in [-0.2, -0.15) is 0 Å². The number of ether oxygens (including phenoxy) is 1. The number of pyridine rings is 1. The Balaban J connectivity index is 1.89. The van der Waals surface area contributed by atoms with Gasteiger partial charge in [-0.15, -0.1) is 0 Å². The molecular weight excluding hydrogens is 412 g/mol. The van der Waals surface area contributed by atoms with E-state index in [1.165, 1.54) is 17.7 Å². The third kappa shape index (κ3) is 3.62. The zero-order valence-electron chi connectivity index (χ0n) is 18.2. The highest BCUT2D eigenvalue weighted by Crippen LogP contribution is 2.22. The van der Waals surface area contributed by atoms with Crippen LogP contribution in [0.4, 0.5) is 0 Å². The van der Waals surface area contributed by atoms with Crippen LogP contribution in [0, 0.1) is 13.8 Å². The quantitative estimate of drug-likeness (QED) is 0.444. The second-order valence-corrected chi connectivity index (χ2v) is 7.35. The average Bonchev–Trinajstić information content (AvgIpc) is 3.15. The van der Waals surface area contributed by atoms with E-state index in [2.05, 4.69) is 9.97 Å². The number of hydrogen-bond acceptors (Lipinski definition) is 7. The molecule has 0 aliphatic heterocycles. The number of rotatable bonds is 5. The lowest BCUT2D eigenvalue weighted by Gasteiger charge is -2.12. The third-order valence-electron chi connectivity index (χ3n) is 5.14. The van der Waals surface area contributed by atoms with Crippen LogP contribution in [0.15, 0.2) is 50.4 Å². The first-order chi connectivity index (χ1) is 15.3. The summed E-state index contributed by atoms with van der Waals surface area (Å²) in [5.41, 5.74) is 0.714. The SMILES string of the molecule is CCOC(=O)c1cc(C)nc2c1c(=O)n(Cc1nc(-c3ccccc3)oc1C)c(=O)n2C. The Hall–Kier alpha value is -4.01. The fourth-order valence-corrected chi connectivity index (χ4v) is 3.54. The number of aryl methyl sites for hydroxylation is 3. The number of aromatic nitrogens is 4. The molecule has 9 heteroatoms. The van der Waals surface area contributed by atoms with Crippen molar-refractivity contribution in [2.24, 2.45) is 7.05 Å². The minimum absolute atomic E-state index is 0.0283. The van der Waals surface area contributed by atoms with E-state index in [4.69, 9.17) is 9.15 Å². The van der Waals surface area contributed by atoms with Crippen LogP contribution in [0.3, 0.4) is 0 Å². The van der Waals surface area contributed by atoms with Crippen molar-refractivity contribution < 1.29 is 13.9 Å². The summed E-state index contributed by atoms with van der Waals surface area (Å²) in [4.78, 5) is 47.7. The molecule has 4 aromatic rings. The molecule has 1 aromatic carbocycles. The van der Waals surface area contributed by atoms with Crippen molar-refractivity contribution in [2.75, 3.05) is 6.61 Å². The Labute approximate surface area is 182 Å². The molecule has 4 rings (SSSR count). The van der Waals surface area contributed by atoms with Crippen molar-refractivity contribution in [3.05, 3.63) is 79.9 Å². The van der Waals surface area contributed by atoms with E-state index in [0.717, 1.165) is 10.1 Å². The zero-order chi connectivity index (χ0) is 23.0. The van der Waals surface area contributed by atoms with Gasteiger partial charge in [0.15, 0.2) is 0 Å². The van der Waals surface area contributed by atoms with E-state index in [-0.39, 0.29) is 29.7 Å². The maximum atomic E-state index is 13.4. The predicted octanol–water partition coefficient (Wildman–Crippen LogP) is 2.59. The van der Waals surface area contributed by atoms with Gasteiger partial charge in [-0.25, -0.2) is 19.6 Å². The smallest absolute Gasteiger partial charge is 0.339 e. The molecule has 164 valence electrons. The van der Waals surface area contributed by atoms with E-state index in [9.17, 15) is 14.4 Å². The standard InChI is InChI=1S/C23H22N4O5/c1-5-31-22(29)16-11-13(2)24-19-18(16)21(28)27(23(30)26(19)4)12-17-14(3)32-20(25-17)15-9-7-6-8-10-15/h6-11H,5,12H2,1-4H3. The molecule has 0 unspecified atom stereocenters. The second kappa shape index (κ2) is 8.26. The van der Waals surface area contributed by atoms with Crippen LogP contribution in [-0.4, -0.2) is 31.7 Å². The monoisotopic (exact) mass is 434 g/mol. The number of carbonyl (C=O) groups excluding carboxylic acids is 1. The highest BCUT2D eigenvalue weighted by molar-refractivity contribution is 6.02. The molecule has 0 N–H and O–H groups in total. The maximum absolute atomic E-state index is 13.4. The first kappa shape index (κ1) is 21.2. The molecule has 0 bridgehead atoms. The van der Waals surface area contributed by atoms with Gasteiger partial charge in [0.05, 0.1) is 24.1 Å². The van der Waals surface area contributed by atoms with Gasteiger partial charge in [0.25, 0.3) is 5.56 Å². The highest BCUT2D eigenvalue weighted by Gasteiger charge is 2.22. The Morgan fingerprint density at radius 2 is 1.84 bits per heavy atom. The van der Waals surface area contributed by atoms with Gasteiger partial charge >= 0.3 is 11.7 Å². The predicted molar refractivity (Wildman–Crippen MR) is 118 cm³/mol. The summed E-state index contributed by atoms with van der Waals surface area (Å²) in [5.74, 6) is 0.244. The number of carbonyl (C=O) groups is 1. The van der Waals surface area contributed by atoms with Gasteiger partial charge in [-0.3, -0.25) is 13.9 Å². The van der Waals surface area contributed by atoms with Gasteiger partial charge in [-0.05, 0) is 39.0 Å². The normalized spacial score (nSPS) is 11.1. The molecule has 0 saturated carbocycles. The highest BCUT2D eigenvalue weighted by atomic mass is 16.5. The Morgan fingerprint density at radius 1 is 1.12 bits per heavy atom. The summed E-state index contributed by atoms with van der Waals surface area (Å²) in [6.07, 6.45) is 0. The minimum atomic E-state index is -0.644. The molecule has 3 aromatic heterocycles. The summed E-state index contributed by atoms with van der Waals surface area (Å²) in [7, 11) is 1.51. The van der Waals surface area contributed by atoms with E-state index in [1.807, 2.05) is 30.3 Å². The van der Waals surface area contributed by atoms with Crippen molar-refractivity contribution in [1.82, 2.24) is 19.1 Å². The first-order valence-electron chi connectivity index (χ1n) is 10.1. The van der Waals surface area contributed by atoms with Crippen LogP contribution in [0.1, 0.15) is 34.4 Å². The van der Waals surface area contributed by atoms with Crippen molar-refractivity contribution in [1.29, 1.82) is 0 Å². The molecule has 3 heterocycles. The largest absolute Gasteiger partial charge is 0.462 e. The number of nitrogens with zero attached hydrogens (tertiary/aromatic N) is 4.